The van der Waals surface area contributed by atoms with Crippen LogP contribution in [0.25, 0.3) is 11.1 Å². The second-order valence-corrected chi connectivity index (χ2v) is 6.71. The van der Waals surface area contributed by atoms with Gasteiger partial charge in [-0.05, 0) is 28.2 Å². The molecule has 0 unspecified atom stereocenters. The average molecular weight is 353 g/mol. The molecule has 0 saturated carbocycles. The molecule has 136 valence electrons. The van der Waals surface area contributed by atoms with Crippen LogP contribution in [0.3, 0.4) is 0 Å². The van der Waals surface area contributed by atoms with Crippen LogP contribution in [0.2, 0.25) is 0 Å². The van der Waals surface area contributed by atoms with E-state index in [1.807, 2.05) is 38.1 Å². The minimum atomic E-state index is -0.726. The van der Waals surface area contributed by atoms with Crippen molar-refractivity contribution in [2.24, 2.45) is 5.92 Å². The molecule has 2 aromatic carbocycles. The molecule has 5 nitrogen and oxygen atoms in total. The number of nitrogens with one attached hydrogen (secondary N) is 1. The Morgan fingerprint density at radius 3 is 2.04 bits per heavy atom. The zero-order valence-corrected chi connectivity index (χ0v) is 15.2. The summed E-state index contributed by atoms with van der Waals surface area (Å²) in [6, 6.07) is 15.6. The molecule has 0 aliphatic heterocycles. The van der Waals surface area contributed by atoms with Crippen LogP contribution in [0, 0.1) is 5.92 Å². The molecule has 1 N–H and O–H groups in total. The molecule has 1 atom stereocenters. The highest BCUT2D eigenvalue weighted by Gasteiger charge is 2.30. The normalized spacial score (nSPS) is 13.7. The number of hydrogen-bond acceptors (Lipinski definition) is 4. The van der Waals surface area contributed by atoms with Gasteiger partial charge in [-0.3, -0.25) is 0 Å². The summed E-state index contributed by atoms with van der Waals surface area (Å²) >= 11 is 0. The van der Waals surface area contributed by atoms with E-state index in [-0.39, 0.29) is 18.4 Å². The van der Waals surface area contributed by atoms with Crippen molar-refractivity contribution in [3.8, 4) is 11.1 Å². The number of ether oxygens (including phenoxy) is 2. The van der Waals surface area contributed by atoms with Crippen molar-refractivity contribution in [1.82, 2.24) is 5.32 Å². The summed E-state index contributed by atoms with van der Waals surface area (Å²) in [5.41, 5.74) is 4.64. The first kappa shape index (κ1) is 18.0. The number of methoxy groups -OCH3 is 1. The Hall–Kier alpha value is -2.82. The van der Waals surface area contributed by atoms with Gasteiger partial charge in [0.1, 0.15) is 12.6 Å². The summed E-state index contributed by atoms with van der Waals surface area (Å²) in [6.45, 7) is 3.89. The fraction of sp³-hybridized carbons (Fsp3) is 0.333. The quantitative estimate of drug-likeness (QED) is 0.832. The van der Waals surface area contributed by atoms with Crippen LogP contribution in [0.15, 0.2) is 48.5 Å². The summed E-state index contributed by atoms with van der Waals surface area (Å²) in [5, 5.41) is 2.60. The number of alkyl carbamates (subject to hydrolysis) is 1. The highest BCUT2D eigenvalue weighted by molar-refractivity contribution is 5.82. The Morgan fingerprint density at radius 1 is 1.00 bits per heavy atom. The van der Waals surface area contributed by atoms with Crippen molar-refractivity contribution >= 4 is 12.1 Å². The maximum Gasteiger partial charge on any atom is 0.407 e. The van der Waals surface area contributed by atoms with E-state index in [9.17, 15) is 9.59 Å². The van der Waals surface area contributed by atoms with Gasteiger partial charge in [-0.15, -0.1) is 0 Å². The Kier molecular flexibility index (Phi) is 5.26. The molecule has 1 aliphatic carbocycles. The lowest BCUT2D eigenvalue weighted by Gasteiger charge is -2.20. The topological polar surface area (TPSA) is 64.6 Å². The number of fused-ring (bicyclic) bond motifs is 3. The molecule has 0 spiro atoms. The molecule has 0 saturated heterocycles. The molecule has 0 aromatic heterocycles. The number of carbonyl (C=O) groups is 2. The third-order valence-electron chi connectivity index (χ3n) is 4.74. The van der Waals surface area contributed by atoms with Crippen molar-refractivity contribution in [2.45, 2.75) is 25.8 Å². The second-order valence-electron chi connectivity index (χ2n) is 6.71. The van der Waals surface area contributed by atoms with Gasteiger partial charge in [-0.1, -0.05) is 62.4 Å². The van der Waals surface area contributed by atoms with Crippen LogP contribution in [0.1, 0.15) is 30.9 Å². The van der Waals surface area contributed by atoms with Crippen molar-refractivity contribution in [3.63, 3.8) is 0 Å². The minimum absolute atomic E-state index is 0.0104. The lowest BCUT2D eigenvalue weighted by atomic mass is 9.98. The molecule has 0 radical (unpaired) electrons. The molecule has 2 aromatic rings. The lowest BCUT2D eigenvalue weighted by molar-refractivity contribution is -0.144. The largest absolute Gasteiger partial charge is 0.467 e. The van der Waals surface area contributed by atoms with Gasteiger partial charge in [0.05, 0.1) is 7.11 Å². The first-order valence-electron chi connectivity index (χ1n) is 8.72. The SMILES string of the molecule is COC(=O)[C@@H](NC(=O)OCC1c2ccccc2-c2ccccc21)C(C)C. The van der Waals surface area contributed by atoms with Crippen molar-refractivity contribution in [1.29, 1.82) is 0 Å². The van der Waals surface area contributed by atoms with Crippen LogP contribution in [0.4, 0.5) is 4.79 Å². The molecule has 26 heavy (non-hydrogen) atoms. The van der Waals surface area contributed by atoms with Crippen LogP contribution < -0.4 is 5.32 Å². The molecular formula is C21H23NO4. The molecule has 0 bridgehead atoms. The summed E-state index contributed by atoms with van der Waals surface area (Å²) in [7, 11) is 1.30. The van der Waals surface area contributed by atoms with E-state index in [4.69, 9.17) is 9.47 Å². The predicted octanol–water partition coefficient (Wildman–Crippen LogP) is 3.72. The van der Waals surface area contributed by atoms with Crippen molar-refractivity contribution in [2.75, 3.05) is 13.7 Å². The number of esters is 1. The van der Waals surface area contributed by atoms with Gasteiger partial charge in [-0.2, -0.15) is 0 Å². The second kappa shape index (κ2) is 7.60. The first-order valence-corrected chi connectivity index (χ1v) is 8.72. The number of rotatable bonds is 5. The van der Waals surface area contributed by atoms with Crippen LogP contribution in [-0.2, 0) is 14.3 Å². The van der Waals surface area contributed by atoms with Gasteiger partial charge in [-0.25, -0.2) is 9.59 Å². The Labute approximate surface area is 153 Å². The van der Waals surface area contributed by atoms with Gasteiger partial charge in [0.25, 0.3) is 0 Å². The van der Waals surface area contributed by atoms with Gasteiger partial charge >= 0.3 is 12.1 Å². The average Bonchev–Trinajstić information content (AvgIpc) is 2.97. The standard InChI is InChI=1S/C21H23NO4/c1-13(2)19(20(23)25-3)22-21(24)26-12-18-16-10-6-4-8-14(16)15-9-5-7-11-17(15)18/h4-11,13,18-19H,12H2,1-3H3,(H,22,24)/t19-/m0/s1. The molecule has 0 heterocycles. The van der Waals surface area contributed by atoms with E-state index in [1.165, 1.54) is 18.2 Å². The Bertz CT molecular complexity index is 770. The van der Waals surface area contributed by atoms with Crippen LogP contribution >= 0.6 is 0 Å². The number of carbonyl (C=O) groups excluding carboxylic acids is 2. The molecule has 3 rings (SSSR count). The van der Waals surface area contributed by atoms with Gasteiger partial charge in [0.15, 0.2) is 0 Å². The maximum absolute atomic E-state index is 12.2. The summed E-state index contributed by atoms with van der Waals surface area (Å²) in [6.07, 6.45) is -0.615. The van der Waals surface area contributed by atoms with E-state index in [2.05, 4.69) is 29.6 Å². The Morgan fingerprint density at radius 2 is 1.54 bits per heavy atom. The molecule has 0 fully saturated rings. The number of benzene rings is 2. The molecule has 1 aliphatic rings. The van der Waals surface area contributed by atoms with Gasteiger partial charge < -0.3 is 14.8 Å². The minimum Gasteiger partial charge on any atom is -0.467 e. The zero-order chi connectivity index (χ0) is 18.7. The smallest absolute Gasteiger partial charge is 0.407 e. The van der Waals surface area contributed by atoms with Crippen molar-refractivity contribution < 1.29 is 19.1 Å². The monoisotopic (exact) mass is 353 g/mol. The number of amides is 1. The van der Waals surface area contributed by atoms with E-state index in [0.717, 1.165) is 11.1 Å². The highest BCUT2D eigenvalue weighted by Crippen LogP contribution is 2.44. The molecular weight excluding hydrogens is 330 g/mol. The fourth-order valence-corrected chi connectivity index (χ4v) is 3.39. The fourth-order valence-electron chi connectivity index (χ4n) is 3.39. The summed E-state index contributed by atoms with van der Waals surface area (Å²) < 4.78 is 10.2. The first-order chi connectivity index (χ1) is 12.5. The van der Waals surface area contributed by atoms with Gasteiger partial charge in [0.2, 0.25) is 0 Å². The number of hydrogen-bond donors (Lipinski definition) is 1. The van der Waals surface area contributed by atoms with Crippen LogP contribution in [-0.4, -0.2) is 31.8 Å². The van der Waals surface area contributed by atoms with E-state index >= 15 is 0 Å². The third-order valence-corrected chi connectivity index (χ3v) is 4.74. The van der Waals surface area contributed by atoms with E-state index in [1.54, 1.807) is 0 Å². The third kappa shape index (κ3) is 3.43. The molecule has 5 heteroatoms. The Balaban J connectivity index is 1.72. The molecule has 1 amide bonds. The summed E-state index contributed by atoms with van der Waals surface area (Å²) in [5.74, 6) is -0.583. The highest BCUT2D eigenvalue weighted by atomic mass is 16.6. The van der Waals surface area contributed by atoms with Gasteiger partial charge in [0, 0.05) is 5.92 Å². The zero-order valence-electron chi connectivity index (χ0n) is 15.2. The maximum atomic E-state index is 12.2. The van der Waals surface area contributed by atoms with Crippen molar-refractivity contribution in [3.05, 3.63) is 59.7 Å². The lowest BCUT2D eigenvalue weighted by Crippen LogP contribution is -2.45. The van der Waals surface area contributed by atoms with Crippen LogP contribution in [0.5, 0.6) is 0 Å². The van der Waals surface area contributed by atoms with E-state index < -0.39 is 18.1 Å². The predicted molar refractivity (Wildman–Crippen MR) is 98.8 cm³/mol. The van der Waals surface area contributed by atoms with E-state index in [0.29, 0.717) is 0 Å². The summed E-state index contributed by atoms with van der Waals surface area (Å²) in [4.78, 5) is 24.0.